The van der Waals surface area contributed by atoms with Crippen LogP contribution < -0.4 is 11.1 Å². The molecule has 0 aromatic carbocycles. The van der Waals surface area contributed by atoms with Crippen molar-refractivity contribution in [2.45, 2.75) is 244 Å². The van der Waals surface area contributed by atoms with Gasteiger partial charge in [0.1, 0.15) is 0 Å². The largest absolute Gasteiger partial charge is 0.472 e. The van der Waals surface area contributed by atoms with Crippen molar-refractivity contribution in [2.75, 3.05) is 19.8 Å². The number of allylic oxidation sites excluding steroid dienone is 1. The summed E-state index contributed by atoms with van der Waals surface area (Å²) in [6, 6.07) is -0.854. The second kappa shape index (κ2) is 40.9. The van der Waals surface area contributed by atoms with Crippen molar-refractivity contribution in [3.63, 3.8) is 0 Å². The zero-order valence-electron chi connectivity index (χ0n) is 35.0. The van der Waals surface area contributed by atoms with Crippen LogP contribution in [0, 0.1) is 0 Å². The molecule has 0 saturated carbocycles. The molecule has 0 spiro atoms. The SMILES string of the molecule is CCCCCCCCCCCC/C=C/[C@@H](O)[C@H](COP(=O)(O)OCCN)NC(=O)CCCCCCCCCCCCCCCCCCCCCCCC. The fraction of sp³-hybridized carbons (Fsp3) is 0.932. The number of carbonyl (C=O) groups is 1. The number of amides is 1. The molecule has 0 saturated heterocycles. The standard InChI is InChI=1S/C44H89N2O6P/c1-3-5-7-9-11-13-15-17-18-19-20-21-22-23-24-25-26-28-30-32-34-36-38-44(48)46-42(41-52-53(49,50)51-40-39-45)43(47)37-35-33-31-29-27-16-14-12-10-8-6-4-2/h35,37,42-43,47H,3-34,36,38-41,45H2,1-2H3,(H,46,48)(H,49,50)/b37-35+/t42-,43+/m0/s1. The lowest BCUT2D eigenvalue weighted by atomic mass is 10.0. The molecule has 0 aromatic rings. The minimum atomic E-state index is -4.33. The first-order valence-electron chi connectivity index (χ1n) is 22.8. The minimum absolute atomic E-state index is 0.0813. The molecule has 0 aromatic heterocycles. The summed E-state index contributed by atoms with van der Waals surface area (Å²) in [6.07, 6.45) is 45.5. The molecule has 0 bridgehead atoms. The third-order valence-corrected chi connectivity index (χ3v) is 11.3. The molecule has 0 rings (SSSR count). The predicted molar refractivity (Wildman–Crippen MR) is 226 cm³/mol. The first-order valence-corrected chi connectivity index (χ1v) is 24.3. The number of phosphoric acid groups is 1. The molecule has 0 aliphatic heterocycles. The maximum Gasteiger partial charge on any atom is 0.472 e. The Morgan fingerprint density at radius 2 is 0.962 bits per heavy atom. The van der Waals surface area contributed by atoms with Gasteiger partial charge in [-0.05, 0) is 19.3 Å². The number of aliphatic hydroxyl groups is 1. The number of aliphatic hydroxyl groups excluding tert-OH is 1. The smallest absolute Gasteiger partial charge is 0.387 e. The van der Waals surface area contributed by atoms with Gasteiger partial charge in [-0.3, -0.25) is 13.8 Å². The highest BCUT2D eigenvalue weighted by Gasteiger charge is 2.26. The maximum absolute atomic E-state index is 12.8. The van der Waals surface area contributed by atoms with Gasteiger partial charge in [0.05, 0.1) is 25.4 Å². The molecule has 8 nitrogen and oxygen atoms in total. The second-order valence-electron chi connectivity index (χ2n) is 15.6. The van der Waals surface area contributed by atoms with Crippen molar-refractivity contribution >= 4 is 13.7 Å². The van der Waals surface area contributed by atoms with Gasteiger partial charge in [0, 0.05) is 13.0 Å². The number of hydrogen-bond donors (Lipinski definition) is 4. The molecule has 3 atom stereocenters. The van der Waals surface area contributed by atoms with E-state index >= 15 is 0 Å². The van der Waals surface area contributed by atoms with Crippen LogP contribution in [0.4, 0.5) is 0 Å². The lowest BCUT2D eigenvalue weighted by Gasteiger charge is -2.23. The molecule has 0 radical (unpaired) electrons. The summed E-state index contributed by atoms with van der Waals surface area (Å²) in [5, 5.41) is 13.7. The number of unbranched alkanes of at least 4 members (excludes halogenated alkanes) is 31. The van der Waals surface area contributed by atoms with Crippen LogP contribution in [-0.2, 0) is 18.4 Å². The summed E-state index contributed by atoms with van der Waals surface area (Å²) in [6.45, 7) is 4.15. The molecule has 0 fully saturated rings. The van der Waals surface area contributed by atoms with Gasteiger partial charge < -0.3 is 21.1 Å². The van der Waals surface area contributed by atoms with E-state index in [4.69, 9.17) is 14.8 Å². The summed E-state index contributed by atoms with van der Waals surface area (Å²) in [7, 11) is -4.33. The van der Waals surface area contributed by atoms with Crippen LogP contribution in [0.1, 0.15) is 232 Å². The molecule has 0 heterocycles. The Labute approximate surface area is 328 Å². The Bertz CT molecular complexity index is 845. The summed E-state index contributed by atoms with van der Waals surface area (Å²) >= 11 is 0. The Balaban J connectivity index is 4.05. The second-order valence-corrected chi connectivity index (χ2v) is 17.1. The third-order valence-electron chi connectivity index (χ3n) is 10.4. The molecule has 9 heteroatoms. The van der Waals surface area contributed by atoms with Crippen molar-refractivity contribution in [1.82, 2.24) is 5.32 Å². The number of nitrogens with one attached hydrogen (secondary N) is 1. The molecule has 1 amide bonds. The highest BCUT2D eigenvalue weighted by molar-refractivity contribution is 7.47. The average Bonchev–Trinajstić information content (AvgIpc) is 3.14. The lowest BCUT2D eigenvalue weighted by molar-refractivity contribution is -0.123. The molecular formula is C44H89N2O6P. The Kier molecular flexibility index (Phi) is 40.3. The fourth-order valence-corrected chi connectivity index (χ4v) is 7.66. The molecule has 0 aliphatic carbocycles. The van der Waals surface area contributed by atoms with Crippen LogP contribution >= 0.6 is 7.82 Å². The van der Waals surface area contributed by atoms with Crippen LogP contribution in [0.5, 0.6) is 0 Å². The Morgan fingerprint density at radius 1 is 0.604 bits per heavy atom. The van der Waals surface area contributed by atoms with E-state index in [1.165, 1.54) is 173 Å². The fourth-order valence-electron chi connectivity index (χ4n) is 6.90. The van der Waals surface area contributed by atoms with E-state index in [2.05, 4.69) is 19.2 Å². The third kappa shape index (κ3) is 39.3. The van der Waals surface area contributed by atoms with Gasteiger partial charge in [-0.2, -0.15) is 0 Å². The zero-order chi connectivity index (χ0) is 38.9. The van der Waals surface area contributed by atoms with Crippen molar-refractivity contribution in [3.05, 3.63) is 12.2 Å². The molecular weight excluding hydrogens is 683 g/mol. The van der Waals surface area contributed by atoms with Gasteiger partial charge in [-0.25, -0.2) is 4.57 Å². The van der Waals surface area contributed by atoms with E-state index in [1.807, 2.05) is 6.08 Å². The normalized spacial score (nSPS) is 14.1. The van der Waals surface area contributed by atoms with Gasteiger partial charge >= 0.3 is 7.82 Å². The van der Waals surface area contributed by atoms with E-state index in [0.29, 0.717) is 6.42 Å². The Hall–Kier alpha value is -0.760. The van der Waals surface area contributed by atoms with Crippen molar-refractivity contribution < 1.29 is 28.4 Å². The quantitative estimate of drug-likeness (QED) is 0.0276. The summed E-state index contributed by atoms with van der Waals surface area (Å²) in [4.78, 5) is 22.7. The van der Waals surface area contributed by atoms with Crippen LogP contribution in [0.15, 0.2) is 12.2 Å². The van der Waals surface area contributed by atoms with Gasteiger partial charge in [0.2, 0.25) is 5.91 Å². The molecule has 316 valence electrons. The summed E-state index contributed by atoms with van der Waals surface area (Å²) < 4.78 is 22.1. The first kappa shape index (κ1) is 52.2. The van der Waals surface area contributed by atoms with Gasteiger partial charge in [0.15, 0.2) is 0 Å². The zero-order valence-corrected chi connectivity index (χ0v) is 35.9. The predicted octanol–water partition coefficient (Wildman–Crippen LogP) is 12.8. The van der Waals surface area contributed by atoms with Crippen LogP contribution in [0.2, 0.25) is 0 Å². The highest BCUT2D eigenvalue weighted by Crippen LogP contribution is 2.43. The van der Waals surface area contributed by atoms with Gasteiger partial charge in [-0.15, -0.1) is 0 Å². The monoisotopic (exact) mass is 773 g/mol. The highest BCUT2D eigenvalue weighted by atomic mass is 31.2. The topological polar surface area (TPSA) is 131 Å². The molecule has 0 aliphatic rings. The van der Waals surface area contributed by atoms with Crippen LogP contribution in [0.25, 0.3) is 0 Å². The minimum Gasteiger partial charge on any atom is -0.387 e. The van der Waals surface area contributed by atoms with E-state index < -0.39 is 20.0 Å². The summed E-state index contributed by atoms with van der Waals surface area (Å²) in [5.74, 6) is -0.190. The van der Waals surface area contributed by atoms with E-state index in [9.17, 15) is 19.4 Å². The van der Waals surface area contributed by atoms with Crippen molar-refractivity contribution in [1.29, 1.82) is 0 Å². The van der Waals surface area contributed by atoms with Crippen LogP contribution in [-0.4, -0.2) is 47.8 Å². The van der Waals surface area contributed by atoms with Crippen LogP contribution in [0.3, 0.4) is 0 Å². The molecule has 53 heavy (non-hydrogen) atoms. The van der Waals surface area contributed by atoms with Gasteiger partial charge in [-0.1, -0.05) is 219 Å². The number of rotatable bonds is 43. The molecule has 5 N–H and O–H groups in total. The number of phosphoric ester groups is 1. The number of hydrogen-bond acceptors (Lipinski definition) is 6. The average molecular weight is 773 g/mol. The van der Waals surface area contributed by atoms with E-state index in [0.717, 1.165) is 38.5 Å². The number of nitrogens with two attached hydrogens (primary N) is 1. The van der Waals surface area contributed by atoms with E-state index in [1.54, 1.807) is 6.08 Å². The lowest BCUT2D eigenvalue weighted by Crippen LogP contribution is -2.45. The maximum atomic E-state index is 12.8. The van der Waals surface area contributed by atoms with Crippen molar-refractivity contribution in [3.8, 4) is 0 Å². The first-order chi connectivity index (χ1) is 25.9. The van der Waals surface area contributed by atoms with Gasteiger partial charge in [0.25, 0.3) is 0 Å². The number of carbonyl (C=O) groups excluding carboxylic acids is 1. The summed E-state index contributed by atoms with van der Waals surface area (Å²) in [5.41, 5.74) is 5.37. The Morgan fingerprint density at radius 3 is 1.34 bits per heavy atom. The van der Waals surface area contributed by atoms with E-state index in [-0.39, 0.29) is 25.7 Å². The van der Waals surface area contributed by atoms with Crippen molar-refractivity contribution in [2.24, 2.45) is 5.73 Å². The molecule has 1 unspecified atom stereocenters.